The SMILES string of the molecule is C=NC(=O)N(c1cncc(C)c1)c1cccc(N)c1. The van der Waals surface area contributed by atoms with E-state index in [2.05, 4.69) is 16.7 Å². The van der Waals surface area contributed by atoms with Crippen LogP contribution in [0.1, 0.15) is 5.56 Å². The van der Waals surface area contributed by atoms with Gasteiger partial charge in [0.25, 0.3) is 0 Å². The monoisotopic (exact) mass is 254 g/mol. The molecule has 0 aliphatic carbocycles. The normalized spacial score (nSPS) is 9.95. The molecule has 0 aliphatic heterocycles. The highest BCUT2D eigenvalue weighted by Gasteiger charge is 2.17. The van der Waals surface area contributed by atoms with Crippen molar-refractivity contribution in [1.82, 2.24) is 4.98 Å². The Kier molecular flexibility index (Phi) is 3.56. The van der Waals surface area contributed by atoms with Crippen molar-refractivity contribution in [2.45, 2.75) is 6.92 Å². The van der Waals surface area contributed by atoms with Crippen LogP contribution in [-0.4, -0.2) is 17.7 Å². The Morgan fingerprint density at radius 3 is 2.74 bits per heavy atom. The number of aliphatic imine (C=N–C) groups is 1. The Hall–Kier alpha value is -2.69. The average Bonchev–Trinajstić information content (AvgIpc) is 2.39. The molecule has 0 radical (unpaired) electrons. The van der Waals surface area contributed by atoms with Crippen LogP contribution in [0.2, 0.25) is 0 Å². The molecule has 5 nitrogen and oxygen atoms in total. The van der Waals surface area contributed by atoms with E-state index in [1.54, 1.807) is 36.7 Å². The standard InChI is InChI=1S/C14H14N4O/c1-10-6-13(9-17-8-10)18(14(19)16-2)12-5-3-4-11(15)7-12/h3-9H,2,15H2,1H3. The highest BCUT2D eigenvalue weighted by atomic mass is 16.2. The summed E-state index contributed by atoms with van der Waals surface area (Å²) in [5.74, 6) is 0. The number of amides is 2. The van der Waals surface area contributed by atoms with E-state index in [4.69, 9.17) is 5.73 Å². The number of carbonyl (C=O) groups excluding carboxylic acids is 1. The fourth-order valence-corrected chi connectivity index (χ4v) is 1.77. The number of nitrogen functional groups attached to an aromatic ring is 1. The lowest BCUT2D eigenvalue weighted by atomic mass is 10.2. The molecule has 1 aromatic heterocycles. The van der Waals surface area contributed by atoms with Crippen LogP contribution in [0.3, 0.4) is 0 Å². The maximum Gasteiger partial charge on any atom is 0.352 e. The molecule has 1 aromatic carbocycles. The van der Waals surface area contributed by atoms with Crippen LogP contribution >= 0.6 is 0 Å². The molecule has 0 fully saturated rings. The van der Waals surface area contributed by atoms with Gasteiger partial charge in [-0.1, -0.05) is 6.07 Å². The van der Waals surface area contributed by atoms with Crippen molar-refractivity contribution in [1.29, 1.82) is 0 Å². The Bertz CT molecular complexity index is 579. The van der Waals surface area contributed by atoms with Gasteiger partial charge in [-0.25, -0.2) is 9.79 Å². The zero-order valence-electron chi connectivity index (χ0n) is 10.6. The highest BCUT2D eigenvalue weighted by molar-refractivity contribution is 6.01. The number of hydrogen-bond acceptors (Lipinski definition) is 3. The van der Waals surface area contributed by atoms with Crippen LogP contribution < -0.4 is 10.6 Å². The van der Waals surface area contributed by atoms with Gasteiger partial charge in [0.15, 0.2) is 0 Å². The molecular formula is C14H14N4O. The lowest BCUT2D eigenvalue weighted by Gasteiger charge is -2.20. The number of pyridine rings is 1. The van der Waals surface area contributed by atoms with Crippen molar-refractivity contribution in [3.63, 3.8) is 0 Å². The van der Waals surface area contributed by atoms with E-state index >= 15 is 0 Å². The number of nitrogens with zero attached hydrogens (tertiary/aromatic N) is 3. The second kappa shape index (κ2) is 5.30. The average molecular weight is 254 g/mol. The summed E-state index contributed by atoms with van der Waals surface area (Å²) in [7, 11) is 0. The molecule has 2 aromatic rings. The molecule has 0 spiro atoms. The largest absolute Gasteiger partial charge is 0.399 e. The molecule has 2 N–H and O–H groups in total. The molecule has 2 amide bonds. The van der Waals surface area contributed by atoms with E-state index < -0.39 is 6.03 Å². The smallest absolute Gasteiger partial charge is 0.352 e. The molecule has 0 bridgehead atoms. The van der Waals surface area contributed by atoms with E-state index in [-0.39, 0.29) is 0 Å². The number of urea groups is 1. The summed E-state index contributed by atoms with van der Waals surface area (Å²) in [6.07, 6.45) is 3.31. The summed E-state index contributed by atoms with van der Waals surface area (Å²) in [5.41, 5.74) is 8.52. The van der Waals surface area contributed by atoms with Gasteiger partial charge in [-0.3, -0.25) is 9.88 Å². The Balaban J connectivity index is 2.53. The van der Waals surface area contributed by atoms with Gasteiger partial charge in [0, 0.05) is 11.9 Å². The van der Waals surface area contributed by atoms with Gasteiger partial charge in [0.1, 0.15) is 0 Å². The zero-order valence-corrected chi connectivity index (χ0v) is 10.6. The highest BCUT2D eigenvalue weighted by Crippen LogP contribution is 2.27. The van der Waals surface area contributed by atoms with Gasteiger partial charge < -0.3 is 5.73 Å². The second-order valence-electron chi connectivity index (χ2n) is 4.09. The minimum atomic E-state index is -0.474. The third kappa shape index (κ3) is 2.77. The van der Waals surface area contributed by atoms with E-state index in [0.717, 1.165) is 5.56 Å². The molecule has 0 saturated heterocycles. The first-order valence-electron chi connectivity index (χ1n) is 5.70. The van der Waals surface area contributed by atoms with Gasteiger partial charge in [0.05, 0.1) is 17.6 Å². The van der Waals surface area contributed by atoms with Crippen LogP contribution in [0, 0.1) is 6.92 Å². The number of anilines is 3. The van der Waals surface area contributed by atoms with E-state index in [1.807, 2.05) is 13.0 Å². The van der Waals surface area contributed by atoms with Gasteiger partial charge >= 0.3 is 6.03 Å². The molecule has 0 saturated carbocycles. The number of hydrogen-bond donors (Lipinski definition) is 1. The third-order valence-electron chi connectivity index (χ3n) is 2.57. The fourth-order valence-electron chi connectivity index (χ4n) is 1.77. The molecule has 0 unspecified atom stereocenters. The van der Waals surface area contributed by atoms with Gasteiger partial charge in [0.2, 0.25) is 0 Å². The van der Waals surface area contributed by atoms with Crippen molar-refractivity contribution in [3.05, 3.63) is 48.3 Å². The summed E-state index contributed by atoms with van der Waals surface area (Å²) in [6.45, 7) is 5.19. The van der Waals surface area contributed by atoms with Crippen molar-refractivity contribution in [2.24, 2.45) is 4.99 Å². The minimum absolute atomic E-state index is 0.474. The summed E-state index contributed by atoms with van der Waals surface area (Å²) < 4.78 is 0. The molecule has 19 heavy (non-hydrogen) atoms. The van der Waals surface area contributed by atoms with Crippen LogP contribution in [0.25, 0.3) is 0 Å². The second-order valence-corrected chi connectivity index (χ2v) is 4.09. The van der Waals surface area contributed by atoms with Crippen LogP contribution in [0.15, 0.2) is 47.7 Å². The minimum Gasteiger partial charge on any atom is -0.399 e. The van der Waals surface area contributed by atoms with E-state index in [1.165, 1.54) is 4.90 Å². The number of benzene rings is 1. The summed E-state index contributed by atoms with van der Waals surface area (Å²) in [4.78, 5) is 20.9. The lowest BCUT2D eigenvalue weighted by Crippen LogP contribution is -2.22. The maximum absolute atomic E-state index is 12.0. The van der Waals surface area contributed by atoms with Gasteiger partial charge in [-0.05, 0) is 43.5 Å². The Morgan fingerprint density at radius 1 is 1.32 bits per heavy atom. The maximum atomic E-state index is 12.0. The van der Waals surface area contributed by atoms with Crippen molar-refractivity contribution in [2.75, 3.05) is 10.6 Å². The predicted molar refractivity (Wildman–Crippen MR) is 76.9 cm³/mol. The molecule has 0 atom stereocenters. The summed E-state index contributed by atoms with van der Waals surface area (Å²) in [6, 6.07) is 8.38. The van der Waals surface area contributed by atoms with Crippen molar-refractivity contribution < 1.29 is 4.79 Å². The quantitative estimate of drug-likeness (QED) is 0.661. The predicted octanol–water partition coefficient (Wildman–Crippen LogP) is 2.93. The molecule has 0 aliphatic rings. The van der Waals surface area contributed by atoms with Crippen LogP contribution in [0.4, 0.5) is 21.9 Å². The topological polar surface area (TPSA) is 71.6 Å². The first kappa shape index (κ1) is 12.8. The van der Waals surface area contributed by atoms with Gasteiger partial charge in [-0.15, -0.1) is 0 Å². The first-order chi connectivity index (χ1) is 9.11. The molecule has 96 valence electrons. The van der Waals surface area contributed by atoms with E-state index in [0.29, 0.717) is 17.1 Å². The van der Waals surface area contributed by atoms with Crippen molar-refractivity contribution >= 4 is 29.8 Å². The van der Waals surface area contributed by atoms with Crippen LogP contribution in [0.5, 0.6) is 0 Å². The number of aryl methyl sites for hydroxylation is 1. The first-order valence-corrected chi connectivity index (χ1v) is 5.70. The molecule has 2 rings (SSSR count). The molecule has 1 heterocycles. The Labute approximate surface area is 111 Å². The lowest BCUT2D eigenvalue weighted by molar-refractivity contribution is 0.256. The van der Waals surface area contributed by atoms with Crippen LogP contribution in [-0.2, 0) is 0 Å². The summed E-state index contributed by atoms with van der Waals surface area (Å²) in [5, 5.41) is 0. The van der Waals surface area contributed by atoms with Crippen molar-refractivity contribution in [3.8, 4) is 0 Å². The number of rotatable bonds is 2. The fraction of sp³-hybridized carbons (Fsp3) is 0.0714. The number of carbonyl (C=O) groups is 1. The zero-order chi connectivity index (χ0) is 13.8. The Morgan fingerprint density at radius 2 is 2.11 bits per heavy atom. The molecular weight excluding hydrogens is 240 g/mol. The summed E-state index contributed by atoms with van der Waals surface area (Å²) >= 11 is 0. The number of nitrogens with two attached hydrogens (primary N) is 1. The van der Waals surface area contributed by atoms with E-state index in [9.17, 15) is 4.79 Å². The third-order valence-corrected chi connectivity index (χ3v) is 2.57. The number of aromatic nitrogens is 1. The molecule has 5 heteroatoms. The van der Waals surface area contributed by atoms with Gasteiger partial charge in [-0.2, -0.15) is 0 Å².